The minimum Gasteiger partial charge on any atom is -0.463 e. The molecule has 0 radical (unpaired) electrons. The molecule has 0 fully saturated rings. The number of benzene rings is 2. The highest BCUT2D eigenvalue weighted by Gasteiger charge is 2.14. The highest BCUT2D eigenvalue weighted by atomic mass is 16.5. The number of rotatable bonds is 15. The lowest BCUT2D eigenvalue weighted by molar-refractivity contribution is 0.0900. The predicted octanol–water partition coefficient (Wildman–Crippen LogP) is 3.65. The molecule has 2 N–H and O–H groups in total. The van der Waals surface area contributed by atoms with E-state index in [1.54, 1.807) is 48.5 Å². The highest BCUT2D eigenvalue weighted by molar-refractivity contribution is 5.97. The maximum atomic E-state index is 12.4. The minimum atomic E-state index is -0.462. The van der Waals surface area contributed by atoms with Crippen LogP contribution in [0, 0.1) is 0 Å². The normalized spacial score (nSPS) is 11.1. The van der Waals surface area contributed by atoms with Gasteiger partial charge < -0.3 is 28.9 Å². The number of nitrogens with one attached hydrogen (secondary N) is 2. The summed E-state index contributed by atoms with van der Waals surface area (Å²) in [6.07, 6.45) is 5.29. The van der Waals surface area contributed by atoms with Crippen molar-refractivity contribution < 1.29 is 27.9 Å². The van der Waals surface area contributed by atoms with Crippen molar-refractivity contribution in [3.8, 4) is 0 Å². The van der Waals surface area contributed by atoms with Gasteiger partial charge in [0.2, 0.25) is 10.9 Å². The molecule has 2 heterocycles. The van der Waals surface area contributed by atoms with Gasteiger partial charge in [-0.2, -0.15) is 0 Å². The lowest BCUT2D eigenvalue weighted by Crippen LogP contribution is -2.29. The largest absolute Gasteiger partial charge is 0.463 e. The van der Waals surface area contributed by atoms with E-state index in [0.717, 1.165) is 12.8 Å². The van der Waals surface area contributed by atoms with Gasteiger partial charge in [0.05, 0.1) is 10.8 Å². The van der Waals surface area contributed by atoms with Crippen LogP contribution in [0.15, 0.2) is 79.5 Å². The summed E-state index contributed by atoms with van der Waals surface area (Å²) in [5, 5.41) is 6.19. The van der Waals surface area contributed by atoms with E-state index < -0.39 is 11.8 Å². The van der Waals surface area contributed by atoms with E-state index in [4.69, 9.17) is 18.3 Å². The van der Waals surface area contributed by atoms with Crippen LogP contribution in [0.3, 0.4) is 0 Å². The van der Waals surface area contributed by atoms with Crippen molar-refractivity contribution in [2.75, 3.05) is 39.5 Å². The Morgan fingerprint density at radius 3 is 1.45 bits per heavy atom. The molecule has 2 aromatic heterocycles. The third kappa shape index (κ3) is 7.64. The van der Waals surface area contributed by atoms with E-state index in [0.29, 0.717) is 74.3 Å². The molecule has 0 spiro atoms. The number of amides is 2. The Hall–Kier alpha value is -4.28. The standard InChI is InChI=1S/C30H32N2O8/c33-27-21-9-1-3-11-25(21)39-19-23(27)29(35)31-13-7-17-37-15-5-6-16-38-18-8-14-32-30(36)24-20-40-26-12-4-2-10-22(26)28(24)34/h1-4,9-12,19-20H,5-8,13-18H2,(H,31,35)(H,32,36). The molecule has 210 valence electrons. The number of hydrogen-bond donors (Lipinski definition) is 2. The highest BCUT2D eigenvalue weighted by Crippen LogP contribution is 2.11. The maximum absolute atomic E-state index is 12.4. The molecule has 10 nitrogen and oxygen atoms in total. The fraction of sp³-hybridized carbons (Fsp3) is 0.333. The molecule has 0 aliphatic carbocycles. The number of fused-ring (bicyclic) bond motifs is 2. The Labute approximate surface area is 230 Å². The smallest absolute Gasteiger partial charge is 0.258 e. The van der Waals surface area contributed by atoms with E-state index >= 15 is 0 Å². The first kappa shape index (κ1) is 28.7. The van der Waals surface area contributed by atoms with Gasteiger partial charge in [0.25, 0.3) is 11.8 Å². The Bertz CT molecular complexity index is 1440. The second-order valence-corrected chi connectivity index (χ2v) is 9.10. The van der Waals surface area contributed by atoms with Crippen molar-refractivity contribution in [2.45, 2.75) is 25.7 Å². The minimum absolute atomic E-state index is 0.0144. The van der Waals surface area contributed by atoms with Gasteiger partial charge in [-0.05, 0) is 49.9 Å². The number of unbranched alkanes of at least 4 members (excludes halogenated alkanes) is 1. The first-order valence-corrected chi connectivity index (χ1v) is 13.3. The summed E-state index contributed by atoms with van der Waals surface area (Å²) >= 11 is 0. The molecule has 4 aromatic rings. The molecule has 2 amide bonds. The van der Waals surface area contributed by atoms with Gasteiger partial charge >= 0.3 is 0 Å². The second-order valence-electron chi connectivity index (χ2n) is 9.10. The average Bonchev–Trinajstić information content (AvgIpc) is 2.97. The van der Waals surface area contributed by atoms with Crippen LogP contribution in [-0.2, 0) is 9.47 Å². The van der Waals surface area contributed by atoms with Crippen LogP contribution in [0.5, 0.6) is 0 Å². The van der Waals surface area contributed by atoms with E-state index in [9.17, 15) is 19.2 Å². The average molecular weight is 549 g/mol. The Morgan fingerprint density at radius 1 is 0.600 bits per heavy atom. The third-order valence-corrected chi connectivity index (χ3v) is 6.18. The molecule has 40 heavy (non-hydrogen) atoms. The molecule has 2 aromatic carbocycles. The number of hydrogen-bond acceptors (Lipinski definition) is 8. The lowest BCUT2D eigenvalue weighted by Gasteiger charge is -2.08. The van der Waals surface area contributed by atoms with E-state index in [1.165, 1.54) is 12.5 Å². The second kappa shape index (κ2) is 14.8. The van der Waals surface area contributed by atoms with Gasteiger partial charge in [-0.3, -0.25) is 19.2 Å². The molecular formula is C30H32N2O8. The number of carbonyl (C=O) groups is 2. The zero-order valence-electron chi connectivity index (χ0n) is 22.1. The Kier molecular flexibility index (Phi) is 10.6. The van der Waals surface area contributed by atoms with Gasteiger partial charge in [0.1, 0.15) is 34.8 Å². The molecule has 0 bridgehead atoms. The zero-order chi connectivity index (χ0) is 28.2. The van der Waals surface area contributed by atoms with Gasteiger partial charge in [-0.15, -0.1) is 0 Å². The molecule has 0 aliphatic heterocycles. The summed E-state index contributed by atoms with van der Waals surface area (Å²) in [7, 11) is 0. The van der Waals surface area contributed by atoms with E-state index in [2.05, 4.69) is 10.6 Å². The van der Waals surface area contributed by atoms with Crippen molar-refractivity contribution in [3.05, 3.63) is 92.6 Å². The summed E-state index contributed by atoms with van der Waals surface area (Å²) in [6.45, 7) is 2.91. The summed E-state index contributed by atoms with van der Waals surface area (Å²) < 4.78 is 21.9. The first-order valence-electron chi connectivity index (χ1n) is 13.3. The third-order valence-electron chi connectivity index (χ3n) is 6.18. The van der Waals surface area contributed by atoms with E-state index in [-0.39, 0.29) is 22.0 Å². The van der Waals surface area contributed by atoms with Crippen molar-refractivity contribution in [1.29, 1.82) is 0 Å². The van der Waals surface area contributed by atoms with Crippen LogP contribution in [-0.4, -0.2) is 51.3 Å². The monoisotopic (exact) mass is 548 g/mol. The van der Waals surface area contributed by atoms with Crippen LogP contribution in [0.2, 0.25) is 0 Å². The van der Waals surface area contributed by atoms with E-state index in [1.807, 2.05) is 0 Å². The van der Waals surface area contributed by atoms with Crippen LogP contribution >= 0.6 is 0 Å². The predicted molar refractivity (Wildman–Crippen MR) is 150 cm³/mol. The van der Waals surface area contributed by atoms with Crippen LogP contribution in [0.25, 0.3) is 21.9 Å². The van der Waals surface area contributed by atoms with Gasteiger partial charge in [0, 0.05) is 39.5 Å². The molecule has 0 unspecified atom stereocenters. The summed E-state index contributed by atoms with van der Waals surface area (Å²) in [6, 6.07) is 13.6. The first-order chi connectivity index (χ1) is 19.6. The summed E-state index contributed by atoms with van der Waals surface area (Å²) in [5.41, 5.74) is 0.163. The maximum Gasteiger partial charge on any atom is 0.258 e. The van der Waals surface area contributed by atoms with Crippen molar-refractivity contribution in [3.63, 3.8) is 0 Å². The van der Waals surface area contributed by atoms with Gasteiger partial charge in [-0.25, -0.2) is 0 Å². The molecule has 0 saturated heterocycles. The SMILES string of the molecule is O=C(NCCCOCCCCOCCCNC(=O)c1coc2ccccc2c1=O)c1coc2ccccc2c1=O. The topological polar surface area (TPSA) is 137 Å². The van der Waals surface area contributed by atoms with Crippen LogP contribution in [0.4, 0.5) is 0 Å². The van der Waals surface area contributed by atoms with Crippen LogP contribution in [0.1, 0.15) is 46.4 Å². The number of ether oxygens (including phenoxy) is 2. The molecule has 0 aliphatic rings. The molecular weight excluding hydrogens is 516 g/mol. The Balaban J connectivity index is 0.988. The Morgan fingerprint density at radius 2 is 1.00 bits per heavy atom. The molecule has 4 rings (SSSR count). The number of para-hydroxylation sites is 2. The van der Waals surface area contributed by atoms with Crippen LogP contribution < -0.4 is 21.5 Å². The zero-order valence-corrected chi connectivity index (χ0v) is 22.1. The summed E-state index contributed by atoms with van der Waals surface area (Å²) in [5.74, 6) is -0.925. The van der Waals surface area contributed by atoms with Crippen molar-refractivity contribution >= 4 is 33.8 Å². The molecule has 0 atom stereocenters. The number of carbonyl (C=O) groups excluding carboxylic acids is 2. The fourth-order valence-corrected chi connectivity index (χ4v) is 4.02. The van der Waals surface area contributed by atoms with Crippen molar-refractivity contribution in [2.24, 2.45) is 0 Å². The molecule has 10 heteroatoms. The van der Waals surface area contributed by atoms with Crippen molar-refractivity contribution in [1.82, 2.24) is 10.6 Å². The summed E-state index contributed by atoms with van der Waals surface area (Å²) in [4.78, 5) is 49.5. The quantitative estimate of drug-likeness (QED) is 0.215. The van der Waals surface area contributed by atoms with Gasteiger partial charge in [0.15, 0.2) is 0 Å². The lowest BCUT2D eigenvalue weighted by atomic mass is 10.1. The molecule has 0 saturated carbocycles. The fourth-order valence-electron chi connectivity index (χ4n) is 4.02. The van der Waals surface area contributed by atoms with Gasteiger partial charge in [-0.1, -0.05) is 24.3 Å².